The number of nitrogens with two attached hydrogens (primary N) is 1. The molecule has 0 aromatic carbocycles. The smallest absolute Gasteiger partial charge is 0.272 e. The van der Waals surface area contributed by atoms with Crippen LogP contribution in [0.3, 0.4) is 0 Å². The van der Waals surface area contributed by atoms with Gasteiger partial charge in [-0.1, -0.05) is 0 Å². The highest BCUT2D eigenvalue weighted by atomic mass is 16.2. The minimum absolute atomic E-state index is 0.0893. The summed E-state index contributed by atoms with van der Waals surface area (Å²) in [4.78, 5) is 38.8. The molecule has 146 valence electrons. The van der Waals surface area contributed by atoms with Gasteiger partial charge < -0.3 is 15.5 Å². The Hall–Kier alpha value is -2.18. The molecule has 2 amide bonds. The van der Waals surface area contributed by atoms with Gasteiger partial charge in [0.15, 0.2) is 0 Å². The molecule has 1 atom stereocenters. The van der Waals surface area contributed by atoms with E-state index in [1.165, 1.54) is 0 Å². The number of fused-ring (bicyclic) bond motifs is 1. The first-order chi connectivity index (χ1) is 12.9. The molecule has 2 saturated heterocycles. The van der Waals surface area contributed by atoms with Crippen LogP contribution in [0.2, 0.25) is 0 Å². The molecule has 7 heteroatoms. The molecule has 27 heavy (non-hydrogen) atoms. The highest BCUT2D eigenvalue weighted by Gasteiger charge is 2.50. The summed E-state index contributed by atoms with van der Waals surface area (Å²) in [7, 11) is 0. The summed E-state index contributed by atoms with van der Waals surface area (Å²) in [6, 6.07) is 0.202. The Bertz CT molecular complexity index is 778. The highest BCUT2D eigenvalue weighted by molar-refractivity contribution is 5.95. The Kier molecular flexibility index (Phi) is 4.56. The molecule has 0 radical (unpaired) electrons. The second-order valence-electron chi connectivity index (χ2n) is 8.52. The lowest BCUT2D eigenvalue weighted by Gasteiger charge is -2.41. The first-order valence-corrected chi connectivity index (χ1v) is 10.2. The normalized spacial score (nSPS) is 25.4. The molecule has 1 unspecified atom stereocenters. The maximum atomic E-state index is 13.3. The number of likely N-dealkylation sites (tertiary alicyclic amines) is 2. The lowest BCUT2D eigenvalue weighted by atomic mass is 9.78. The topological polar surface area (TPSA) is 92.4 Å². The molecule has 1 aliphatic carbocycles. The second kappa shape index (κ2) is 6.77. The summed E-state index contributed by atoms with van der Waals surface area (Å²) < 4.78 is 0. The van der Waals surface area contributed by atoms with Crippen LogP contribution in [0, 0.1) is 5.41 Å². The molecule has 1 aromatic rings. The maximum absolute atomic E-state index is 13.3. The summed E-state index contributed by atoms with van der Waals surface area (Å²) >= 11 is 0. The van der Waals surface area contributed by atoms with Gasteiger partial charge in [-0.05, 0) is 58.8 Å². The first kappa shape index (κ1) is 18.2. The van der Waals surface area contributed by atoms with E-state index in [0.29, 0.717) is 18.8 Å². The average molecular weight is 371 g/mol. The number of anilines is 1. The minimum atomic E-state index is -0.420. The van der Waals surface area contributed by atoms with Crippen LogP contribution in [-0.4, -0.2) is 57.3 Å². The summed E-state index contributed by atoms with van der Waals surface area (Å²) in [5.41, 5.74) is 7.79. The third-order valence-electron chi connectivity index (χ3n) is 6.44. The number of hydrogen-bond donors (Lipinski definition) is 1. The van der Waals surface area contributed by atoms with Gasteiger partial charge in [-0.2, -0.15) is 0 Å². The fourth-order valence-corrected chi connectivity index (χ4v) is 4.96. The Morgan fingerprint density at radius 1 is 1.11 bits per heavy atom. The number of nitrogens with zero attached hydrogens (tertiary/aromatic N) is 4. The van der Waals surface area contributed by atoms with E-state index in [9.17, 15) is 9.59 Å². The fraction of sp³-hybridized carbons (Fsp3) is 0.700. The van der Waals surface area contributed by atoms with Crippen molar-refractivity contribution in [2.75, 3.05) is 25.4 Å². The quantitative estimate of drug-likeness (QED) is 0.856. The van der Waals surface area contributed by atoms with Crippen molar-refractivity contribution in [3.63, 3.8) is 0 Å². The van der Waals surface area contributed by atoms with Crippen molar-refractivity contribution in [2.45, 2.75) is 64.8 Å². The van der Waals surface area contributed by atoms with Crippen LogP contribution >= 0.6 is 0 Å². The van der Waals surface area contributed by atoms with Gasteiger partial charge in [0.05, 0.1) is 5.41 Å². The first-order valence-electron chi connectivity index (χ1n) is 10.2. The molecular weight excluding hydrogens is 342 g/mol. The minimum Gasteiger partial charge on any atom is -0.368 e. The third kappa shape index (κ3) is 3.07. The van der Waals surface area contributed by atoms with Gasteiger partial charge in [0.2, 0.25) is 11.9 Å². The van der Waals surface area contributed by atoms with E-state index in [2.05, 4.69) is 23.8 Å². The fourth-order valence-electron chi connectivity index (χ4n) is 4.96. The van der Waals surface area contributed by atoms with Crippen molar-refractivity contribution in [3.05, 3.63) is 17.0 Å². The monoisotopic (exact) mass is 371 g/mol. The van der Waals surface area contributed by atoms with E-state index in [-0.39, 0.29) is 23.8 Å². The van der Waals surface area contributed by atoms with Crippen LogP contribution in [-0.2, 0) is 17.6 Å². The zero-order valence-electron chi connectivity index (χ0n) is 16.3. The summed E-state index contributed by atoms with van der Waals surface area (Å²) in [5, 5.41) is 0. The number of amides is 2. The summed E-state index contributed by atoms with van der Waals surface area (Å²) in [6.45, 7) is 6.04. The average Bonchev–Trinajstić information content (AvgIpc) is 3.07. The number of carbonyl (C=O) groups excluding carboxylic acids is 2. The van der Waals surface area contributed by atoms with Crippen molar-refractivity contribution in [1.82, 2.24) is 19.8 Å². The SMILES string of the molecule is CC(C)N1CCCC2(CCN(C(=O)c3nc(N)nc4c3CCCC4)C2)C1=O. The van der Waals surface area contributed by atoms with E-state index >= 15 is 0 Å². The van der Waals surface area contributed by atoms with Crippen LogP contribution in [0.15, 0.2) is 0 Å². The zero-order valence-corrected chi connectivity index (χ0v) is 16.3. The van der Waals surface area contributed by atoms with Crippen molar-refractivity contribution in [3.8, 4) is 0 Å². The predicted molar refractivity (Wildman–Crippen MR) is 102 cm³/mol. The van der Waals surface area contributed by atoms with Gasteiger partial charge in [-0.15, -0.1) is 0 Å². The van der Waals surface area contributed by atoms with Crippen LogP contribution in [0.1, 0.15) is 67.7 Å². The lowest BCUT2D eigenvalue weighted by Crippen LogP contribution is -2.52. The van der Waals surface area contributed by atoms with Crippen molar-refractivity contribution >= 4 is 17.8 Å². The molecule has 2 aliphatic heterocycles. The molecule has 2 fully saturated rings. The molecule has 2 N–H and O–H groups in total. The third-order valence-corrected chi connectivity index (χ3v) is 6.44. The van der Waals surface area contributed by atoms with E-state index < -0.39 is 5.41 Å². The number of aryl methyl sites for hydroxylation is 1. The number of nitrogen functional groups attached to an aromatic ring is 1. The van der Waals surface area contributed by atoms with E-state index in [1.54, 1.807) is 0 Å². The number of rotatable bonds is 2. The Morgan fingerprint density at radius 3 is 2.67 bits per heavy atom. The molecule has 0 saturated carbocycles. The second-order valence-corrected chi connectivity index (χ2v) is 8.52. The van der Waals surface area contributed by atoms with Crippen molar-refractivity contribution in [1.29, 1.82) is 0 Å². The largest absolute Gasteiger partial charge is 0.368 e. The van der Waals surface area contributed by atoms with Gasteiger partial charge in [0, 0.05) is 36.9 Å². The van der Waals surface area contributed by atoms with Gasteiger partial charge in [-0.3, -0.25) is 9.59 Å². The molecule has 7 nitrogen and oxygen atoms in total. The van der Waals surface area contributed by atoms with Crippen LogP contribution in [0.5, 0.6) is 0 Å². The molecule has 3 heterocycles. The Balaban J connectivity index is 1.59. The molecule has 1 spiro atoms. The van der Waals surface area contributed by atoms with Gasteiger partial charge >= 0.3 is 0 Å². The van der Waals surface area contributed by atoms with Crippen LogP contribution in [0.25, 0.3) is 0 Å². The summed E-state index contributed by atoms with van der Waals surface area (Å²) in [6.07, 6.45) is 6.41. The van der Waals surface area contributed by atoms with Gasteiger partial charge in [-0.25, -0.2) is 9.97 Å². The summed E-state index contributed by atoms with van der Waals surface area (Å²) in [5.74, 6) is 0.296. The van der Waals surface area contributed by atoms with Crippen molar-refractivity contribution in [2.24, 2.45) is 5.41 Å². The van der Waals surface area contributed by atoms with E-state index in [1.807, 2.05) is 9.80 Å². The molecule has 4 rings (SSSR count). The highest BCUT2D eigenvalue weighted by Crippen LogP contribution is 2.41. The van der Waals surface area contributed by atoms with Crippen molar-refractivity contribution < 1.29 is 9.59 Å². The van der Waals surface area contributed by atoms with Gasteiger partial charge in [0.1, 0.15) is 5.69 Å². The van der Waals surface area contributed by atoms with E-state index in [0.717, 1.165) is 62.7 Å². The van der Waals surface area contributed by atoms with E-state index in [4.69, 9.17) is 5.73 Å². The molecule has 1 aromatic heterocycles. The lowest BCUT2D eigenvalue weighted by molar-refractivity contribution is -0.147. The number of piperidine rings is 1. The number of hydrogen-bond acceptors (Lipinski definition) is 5. The molecule has 0 bridgehead atoms. The molecule has 3 aliphatic rings. The number of aromatic nitrogens is 2. The Morgan fingerprint density at radius 2 is 1.89 bits per heavy atom. The van der Waals surface area contributed by atoms with Gasteiger partial charge in [0.25, 0.3) is 5.91 Å². The van der Waals surface area contributed by atoms with Crippen LogP contribution in [0.4, 0.5) is 5.95 Å². The zero-order chi connectivity index (χ0) is 19.2. The molecular formula is C20H29N5O2. The van der Waals surface area contributed by atoms with Crippen LogP contribution < -0.4 is 5.73 Å². The number of carbonyl (C=O) groups is 2. The standard InChI is InChI=1S/C20H29N5O2/c1-13(2)25-10-5-8-20(18(25)27)9-11-24(12-20)17(26)16-14-6-3-4-7-15(14)22-19(21)23-16/h13H,3-12H2,1-2H3,(H2,21,22,23). The Labute approximate surface area is 160 Å². The maximum Gasteiger partial charge on any atom is 0.272 e. The predicted octanol–water partition coefficient (Wildman–Crippen LogP) is 1.80.